The van der Waals surface area contributed by atoms with Crippen LogP contribution in [-0.4, -0.2) is 35.7 Å². The summed E-state index contributed by atoms with van der Waals surface area (Å²) in [4.78, 5) is 0.129. The van der Waals surface area contributed by atoms with Crippen LogP contribution < -0.4 is 9.44 Å². The highest BCUT2D eigenvalue weighted by Gasteiger charge is 2.16. The minimum Gasteiger partial charge on any atom is -0.215 e. The van der Waals surface area contributed by atoms with Crippen LogP contribution in [0.3, 0.4) is 0 Å². The molecule has 0 unspecified atom stereocenters. The second-order valence-corrected chi connectivity index (χ2v) is 8.73. The second-order valence-electron chi connectivity index (χ2n) is 4.46. The Morgan fingerprint density at radius 1 is 1.10 bits per heavy atom. The predicted octanol–water partition coefficient (Wildman–Crippen LogP) is 1.26. The third kappa shape index (κ3) is 5.91. The van der Waals surface area contributed by atoms with E-state index in [9.17, 15) is 16.8 Å². The molecule has 0 aliphatic carbocycles. The minimum absolute atomic E-state index is 0.000433. The van der Waals surface area contributed by atoms with Crippen molar-refractivity contribution in [3.05, 3.63) is 28.8 Å². The average Bonchev–Trinajstić information content (AvgIpc) is 2.41. The fourth-order valence-electron chi connectivity index (χ4n) is 1.57. The van der Waals surface area contributed by atoms with E-state index < -0.39 is 20.0 Å². The Morgan fingerprint density at radius 3 is 2.33 bits per heavy atom. The van der Waals surface area contributed by atoms with Gasteiger partial charge in [0.15, 0.2) is 0 Å². The first-order chi connectivity index (χ1) is 9.68. The van der Waals surface area contributed by atoms with Gasteiger partial charge in [0.05, 0.1) is 10.6 Å². The van der Waals surface area contributed by atoms with Gasteiger partial charge in [0.25, 0.3) is 0 Å². The maximum Gasteiger partial charge on any atom is 0.240 e. The molecule has 6 nitrogen and oxygen atoms in total. The molecule has 0 bridgehead atoms. The van der Waals surface area contributed by atoms with Gasteiger partial charge >= 0.3 is 0 Å². The molecule has 1 aromatic carbocycles. The van der Waals surface area contributed by atoms with Crippen LogP contribution in [0.2, 0.25) is 5.02 Å². The molecule has 1 rings (SSSR count). The molecule has 0 aromatic heterocycles. The first-order valence-corrected chi connectivity index (χ1v) is 9.92. The molecule has 0 aliphatic rings. The van der Waals surface area contributed by atoms with Crippen molar-refractivity contribution in [1.82, 2.24) is 9.44 Å². The van der Waals surface area contributed by atoms with Crippen LogP contribution in [0, 0.1) is 6.92 Å². The second kappa shape index (κ2) is 7.55. The number of aryl methyl sites for hydroxylation is 1. The summed E-state index contributed by atoms with van der Waals surface area (Å²) in [5.41, 5.74) is 0.596. The van der Waals surface area contributed by atoms with E-state index in [0.29, 0.717) is 17.0 Å². The summed E-state index contributed by atoms with van der Waals surface area (Å²) < 4.78 is 51.4. The quantitative estimate of drug-likeness (QED) is 0.687. The maximum atomic E-state index is 12.1. The van der Waals surface area contributed by atoms with E-state index in [-0.39, 0.29) is 23.7 Å². The van der Waals surface area contributed by atoms with E-state index in [4.69, 9.17) is 11.6 Å². The summed E-state index contributed by atoms with van der Waals surface area (Å²) in [7, 11) is -6.89. The summed E-state index contributed by atoms with van der Waals surface area (Å²) in [5, 5.41) is 0.344. The first kappa shape index (κ1) is 18.4. The Hall–Kier alpha value is -0.670. The molecule has 9 heteroatoms. The molecule has 0 saturated heterocycles. The highest BCUT2D eigenvalue weighted by atomic mass is 35.5. The smallest absolute Gasteiger partial charge is 0.215 e. The Balaban J connectivity index is 2.57. The van der Waals surface area contributed by atoms with Gasteiger partial charge < -0.3 is 0 Å². The Labute approximate surface area is 131 Å². The van der Waals surface area contributed by atoms with Gasteiger partial charge in [-0.1, -0.05) is 17.7 Å². The van der Waals surface area contributed by atoms with Crippen LogP contribution in [0.15, 0.2) is 23.1 Å². The topological polar surface area (TPSA) is 92.3 Å². The van der Waals surface area contributed by atoms with Crippen molar-refractivity contribution >= 4 is 31.6 Å². The van der Waals surface area contributed by atoms with E-state index in [2.05, 4.69) is 9.44 Å². The molecule has 21 heavy (non-hydrogen) atoms. The minimum atomic E-state index is -3.65. The SMILES string of the molecule is CCS(=O)(=O)NCCCNS(=O)(=O)c1cc(Cl)ccc1C. The number of hydrogen-bond acceptors (Lipinski definition) is 4. The molecule has 0 amide bonds. The van der Waals surface area contributed by atoms with E-state index in [1.807, 2.05) is 0 Å². The van der Waals surface area contributed by atoms with Crippen LogP contribution >= 0.6 is 11.6 Å². The van der Waals surface area contributed by atoms with Crippen molar-refractivity contribution in [3.63, 3.8) is 0 Å². The number of hydrogen-bond donors (Lipinski definition) is 2. The van der Waals surface area contributed by atoms with Crippen LogP contribution in [0.5, 0.6) is 0 Å². The summed E-state index contributed by atoms with van der Waals surface area (Å²) in [6.07, 6.45) is 0.359. The molecule has 0 heterocycles. The molecule has 1 aromatic rings. The zero-order valence-corrected chi connectivity index (χ0v) is 14.3. The molecule has 0 spiro atoms. The molecule has 0 aliphatic heterocycles. The van der Waals surface area contributed by atoms with E-state index in [0.717, 1.165) is 0 Å². The third-order valence-corrected chi connectivity index (χ3v) is 6.03. The van der Waals surface area contributed by atoms with Gasteiger partial charge in [-0.3, -0.25) is 0 Å². The van der Waals surface area contributed by atoms with Crippen molar-refractivity contribution in [1.29, 1.82) is 0 Å². The lowest BCUT2D eigenvalue weighted by Crippen LogP contribution is -2.31. The Morgan fingerprint density at radius 2 is 1.71 bits per heavy atom. The molecule has 0 saturated carbocycles. The zero-order valence-electron chi connectivity index (χ0n) is 11.9. The van der Waals surface area contributed by atoms with Crippen LogP contribution in [0.25, 0.3) is 0 Å². The van der Waals surface area contributed by atoms with Gasteiger partial charge in [-0.15, -0.1) is 0 Å². The number of sulfonamides is 2. The summed E-state index contributed by atoms with van der Waals surface area (Å²) >= 11 is 5.80. The van der Waals surface area contributed by atoms with E-state index in [1.165, 1.54) is 13.0 Å². The van der Waals surface area contributed by atoms with Crippen LogP contribution in [0.1, 0.15) is 18.9 Å². The van der Waals surface area contributed by atoms with Gasteiger partial charge in [0, 0.05) is 18.1 Å². The Bertz CT molecular complexity index is 687. The van der Waals surface area contributed by atoms with Gasteiger partial charge in [-0.25, -0.2) is 26.3 Å². The zero-order chi connectivity index (χ0) is 16.1. The standard InChI is InChI=1S/C12H19ClN2O4S2/c1-3-20(16,17)14-7-4-8-15-21(18,19)12-9-11(13)6-5-10(12)2/h5-6,9,14-15H,3-4,7-8H2,1-2H3. The van der Waals surface area contributed by atoms with Crippen molar-refractivity contribution in [3.8, 4) is 0 Å². The average molecular weight is 355 g/mol. The van der Waals surface area contributed by atoms with Gasteiger partial charge in [-0.05, 0) is 38.0 Å². The summed E-state index contributed by atoms with van der Waals surface area (Å²) in [6, 6.07) is 4.64. The summed E-state index contributed by atoms with van der Waals surface area (Å²) in [6.45, 7) is 3.54. The number of nitrogens with one attached hydrogen (secondary N) is 2. The van der Waals surface area contributed by atoms with Crippen molar-refractivity contribution in [2.24, 2.45) is 0 Å². The monoisotopic (exact) mass is 354 g/mol. The number of benzene rings is 1. The molecular weight excluding hydrogens is 336 g/mol. The third-order valence-electron chi connectivity index (χ3n) is 2.79. The van der Waals surface area contributed by atoms with Crippen molar-refractivity contribution in [2.75, 3.05) is 18.8 Å². The van der Waals surface area contributed by atoms with Gasteiger partial charge in [-0.2, -0.15) is 0 Å². The lowest BCUT2D eigenvalue weighted by molar-refractivity contribution is 0.572. The van der Waals surface area contributed by atoms with Crippen molar-refractivity contribution < 1.29 is 16.8 Å². The fraction of sp³-hybridized carbons (Fsp3) is 0.500. The fourth-order valence-corrected chi connectivity index (χ4v) is 3.80. The van der Waals surface area contributed by atoms with E-state index >= 15 is 0 Å². The van der Waals surface area contributed by atoms with Gasteiger partial charge in [0.2, 0.25) is 20.0 Å². The highest BCUT2D eigenvalue weighted by Crippen LogP contribution is 2.19. The molecule has 0 radical (unpaired) electrons. The molecule has 0 atom stereocenters. The lowest BCUT2D eigenvalue weighted by atomic mass is 10.2. The maximum absolute atomic E-state index is 12.1. The molecule has 120 valence electrons. The van der Waals surface area contributed by atoms with E-state index in [1.54, 1.807) is 19.1 Å². The predicted molar refractivity (Wildman–Crippen MR) is 83.5 cm³/mol. The first-order valence-electron chi connectivity index (χ1n) is 6.41. The molecule has 2 N–H and O–H groups in total. The molecular formula is C12H19ClN2O4S2. The van der Waals surface area contributed by atoms with Gasteiger partial charge in [0.1, 0.15) is 0 Å². The van der Waals surface area contributed by atoms with Crippen molar-refractivity contribution in [2.45, 2.75) is 25.2 Å². The van der Waals surface area contributed by atoms with Crippen LogP contribution in [-0.2, 0) is 20.0 Å². The number of rotatable bonds is 8. The largest absolute Gasteiger partial charge is 0.240 e. The Kier molecular flexibility index (Phi) is 6.61. The summed E-state index contributed by atoms with van der Waals surface area (Å²) in [5.74, 6) is 0.000433. The normalized spacial score (nSPS) is 12.5. The van der Waals surface area contributed by atoms with Crippen LogP contribution in [0.4, 0.5) is 0 Å². The molecule has 0 fully saturated rings. The number of halogens is 1. The lowest BCUT2D eigenvalue weighted by Gasteiger charge is -2.10. The highest BCUT2D eigenvalue weighted by molar-refractivity contribution is 7.89.